The van der Waals surface area contributed by atoms with Crippen LogP contribution in [0, 0.1) is 34.5 Å². The molecule has 0 aliphatic carbocycles. The number of hydrogen-bond acceptors (Lipinski definition) is 5. The molecule has 7 nitrogen and oxygen atoms in total. The largest absolute Gasteiger partial charge is 0.481 e. The average molecular weight is 271 g/mol. The van der Waals surface area contributed by atoms with Crippen LogP contribution in [0.1, 0.15) is 39.5 Å². The van der Waals surface area contributed by atoms with Crippen molar-refractivity contribution < 1.29 is 19.8 Å². The zero-order chi connectivity index (χ0) is 14.6. The minimum absolute atomic E-state index is 0. The van der Waals surface area contributed by atoms with Gasteiger partial charge < -0.3 is 16.4 Å². The monoisotopic (exact) mass is 271 g/mol. The first-order chi connectivity index (χ1) is 8.33. The summed E-state index contributed by atoms with van der Waals surface area (Å²) in [6.45, 7) is 3.42. The molecule has 0 rings (SSSR count). The number of carbonyl (C=O) groups is 2. The SMILES string of the molecule is CC(C#N)CCC(=O)O.CC(C#N)CCC(=O)O.N. The predicted molar refractivity (Wildman–Crippen MR) is 68.3 cm³/mol. The molecule has 0 saturated heterocycles. The van der Waals surface area contributed by atoms with Gasteiger partial charge in [-0.1, -0.05) is 0 Å². The maximum atomic E-state index is 9.91. The number of rotatable bonds is 6. The minimum atomic E-state index is -0.836. The Morgan fingerprint density at radius 3 is 1.37 bits per heavy atom. The molecule has 0 aromatic rings. The van der Waals surface area contributed by atoms with Crippen molar-refractivity contribution in [3.63, 3.8) is 0 Å². The molecule has 2 unspecified atom stereocenters. The summed E-state index contributed by atoms with van der Waals surface area (Å²) in [6, 6.07) is 3.91. The van der Waals surface area contributed by atoms with Gasteiger partial charge in [-0.2, -0.15) is 10.5 Å². The van der Waals surface area contributed by atoms with Crippen molar-refractivity contribution in [1.29, 1.82) is 10.5 Å². The molecule has 2 atom stereocenters. The van der Waals surface area contributed by atoms with Gasteiger partial charge in [-0.25, -0.2) is 0 Å². The Labute approximate surface area is 113 Å². The number of nitrogens with zero attached hydrogens (tertiary/aromatic N) is 2. The zero-order valence-corrected chi connectivity index (χ0v) is 11.3. The van der Waals surface area contributed by atoms with Crippen LogP contribution in [0.2, 0.25) is 0 Å². The van der Waals surface area contributed by atoms with Gasteiger partial charge in [-0.05, 0) is 26.7 Å². The lowest BCUT2D eigenvalue weighted by Crippen LogP contribution is -1.98. The normalized spacial score (nSPS) is 11.4. The van der Waals surface area contributed by atoms with Gasteiger partial charge in [0.05, 0.1) is 12.1 Å². The third kappa shape index (κ3) is 21.7. The summed E-state index contributed by atoms with van der Waals surface area (Å²) in [4.78, 5) is 19.8. The summed E-state index contributed by atoms with van der Waals surface area (Å²) in [5.41, 5.74) is 0. The molecule has 0 amide bonds. The summed E-state index contributed by atoms with van der Waals surface area (Å²) < 4.78 is 0. The van der Waals surface area contributed by atoms with E-state index in [1.54, 1.807) is 13.8 Å². The molecule has 5 N–H and O–H groups in total. The highest BCUT2D eigenvalue weighted by molar-refractivity contribution is 5.66. The fourth-order valence-electron chi connectivity index (χ4n) is 0.809. The number of carboxylic acid groups (broad SMARTS) is 2. The maximum absolute atomic E-state index is 9.91. The molecule has 0 bridgehead atoms. The van der Waals surface area contributed by atoms with E-state index in [2.05, 4.69) is 0 Å². The third-order valence-electron chi connectivity index (χ3n) is 2.02. The van der Waals surface area contributed by atoms with Crippen LogP contribution in [0.5, 0.6) is 0 Å². The van der Waals surface area contributed by atoms with Crippen LogP contribution in [0.25, 0.3) is 0 Å². The van der Waals surface area contributed by atoms with E-state index in [9.17, 15) is 9.59 Å². The molecular formula is C12H21N3O4. The fourth-order valence-corrected chi connectivity index (χ4v) is 0.809. The summed E-state index contributed by atoms with van der Waals surface area (Å²) in [6.07, 6.45) is 1.08. The van der Waals surface area contributed by atoms with E-state index in [4.69, 9.17) is 20.7 Å². The summed E-state index contributed by atoms with van der Waals surface area (Å²) in [5.74, 6) is -1.95. The lowest BCUT2D eigenvalue weighted by molar-refractivity contribution is -0.138. The van der Waals surface area contributed by atoms with E-state index in [0.29, 0.717) is 12.8 Å². The zero-order valence-electron chi connectivity index (χ0n) is 11.3. The Balaban J connectivity index is -0.000000256. The summed E-state index contributed by atoms with van der Waals surface area (Å²) in [5, 5.41) is 32.7. The van der Waals surface area contributed by atoms with Crippen LogP contribution < -0.4 is 6.15 Å². The Bertz CT molecular complexity index is 310. The van der Waals surface area contributed by atoms with E-state index in [-0.39, 0.29) is 30.8 Å². The van der Waals surface area contributed by atoms with Gasteiger partial charge in [0.2, 0.25) is 0 Å². The van der Waals surface area contributed by atoms with E-state index >= 15 is 0 Å². The first-order valence-electron chi connectivity index (χ1n) is 5.56. The second-order valence-corrected chi connectivity index (χ2v) is 3.93. The smallest absolute Gasteiger partial charge is 0.303 e. The second-order valence-electron chi connectivity index (χ2n) is 3.93. The number of hydrogen-bond donors (Lipinski definition) is 3. The molecule has 7 heteroatoms. The highest BCUT2D eigenvalue weighted by Gasteiger charge is 2.02. The third-order valence-corrected chi connectivity index (χ3v) is 2.02. The first kappa shape index (κ1) is 22.1. The van der Waals surface area contributed by atoms with Gasteiger partial charge in [-0.15, -0.1) is 0 Å². The Morgan fingerprint density at radius 1 is 0.947 bits per heavy atom. The van der Waals surface area contributed by atoms with Crippen molar-refractivity contribution in [3.8, 4) is 12.1 Å². The maximum Gasteiger partial charge on any atom is 0.303 e. The van der Waals surface area contributed by atoms with E-state index < -0.39 is 11.9 Å². The minimum Gasteiger partial charge on any atom is -0.481 e. The first-order valence-corrected chi connectivity index (χ1v) is 5.56. The van der Waals surface area contributed by atoms with E-state index in [1.807, 2.05) is 12.1 Å². The lowest BCUT2D eigenvalue weighted by Gasteiger charge is -1.95. The van der Waals surface area contributed by atoms with E-state index in [0.717, 1.165) is 0 Å². The molecular weight excluding hydrogens is 250 g/mol. The van der Waals surface area contributed by atoms with Crippen LogP contribution in [-0.2, 0) is 9.59 Å². The predicted octanol–water partition coefficient (Wildman–Crippen LogP) is 2.18. The van der Waals surface area contributed by atoms with Gasteiger partial charge in [0.15, 0.2) is 0 Å². The molecule has 0 aliphatic rings. The molecule has 0 saturated carbocycles. The van der Waals surface area contributed by atoms with Crippen LogP contribution in [0.4, 0.5) is 0 Å². The standard InChI is InChI=1S/2C6H9NO2.H3N/c2*1-5(4-7)2-3-6(8)9;/h2*5H,2-3H2,1H3,(H,8,9);1H3. The number of aliphatic carboxylic acids is 2. The molecule has 0 aromatic heterocycles. The Morgan fingerprint density at radius 2 is 1.21 bits per heavy atom. The van der Waals surface area contributed by atoms with Crippen molar-refractivity contribution in [2.45, 2.75) is 39.5 Å². The highest BCUT2D eigenvalue weighted by atomic mass is 16.4. The summed E-state index contributed by atoms with van der Waals surface area (Å²) >= 11 is 0. The number of carboxylic acids is 2. The molecule has 0 fully saturated rings. The molecule has 0 spiro atoms. The topological polar surface area (TPSA) is 157 Å². The van der Waals surface area contributed by atoms with Crippen molar-refractivity contribution in [2.24, 2.45) is 11.8 Å². The van der Waals surface area contributed by atoms with Gasteiger partial charge in [-0.3, -0.25) is 9.59 Å². The van der Waals surface area contributed by atoms with Crippen molar-refractivity contribution >= 4 is 11.9 Å². The van der Waals surface area contributed by atoms with Gasteiger partial charge >= 0.3 is 11.9 Å². The Kier molecular flexibility index (Phi) is 16.2. The molecule has 108 valence electrons. The van der Waals surface area contributed by atoms with Crippen molar-refractivity contribution in [1.82, 2.24) is 6.15 Å². The van der Waals surface area contributed by atoms with E-state index in [1.165, 1.54) is 0 Å². The van der Waals surface area contributed by atoms with Crippen LogP contribution >= 0.6 is 0 Å². The van der Waals surface area contributed by atoms with Gasteiger partial charge in [0, 0.05) is 24.7 Å². The quantitative estimate of drug-likeness (QED) is 0.667. The van der Waals surface area contributed by atoms with Gasteiger partial charge in [0.1, 0.15) is 0 Å². The fraction of sp³-hybridized carbons (Fsp3) is 0.667. The molecule has 0 aromatic carbocycles. The lowest BCUT2D eigenvalue weighted by atomic mass is 10.1. The average Bonchev–Trinajstić information content (AvgIpc) is 2.33. The highest BCUT2D eigenvalue weighted by Crippen LogP contribution is 2.02. The number of nitriles is 2. The second kappa shape index (κ2) is 13.9. The van der Waals surface area contributed by atoms with Crippen molar-refractivity contribution in [3.05, 3.63) is 0 Å². The summed E-state index contributed by atoms with van der Waals surface area (Å²) in [7, 11) is 0. The van der Waals surface area contributed by atoms with Crippen molar-refractivity contribution in [2.75, 3.05) is 0 Å². The van der Waals surface area contributed by atoms with Crippen LogP contribution in [0.15, 0.2) is 0 Å². The molecule has 19 heavy (non-hydrogen) atoms. The Hall–Kier alpha value is -2.12. The molecule has 0 heterocycles. The van der Waals surface area contributed by atoms with Gasteiger partial charge in [0.25, 0.3) is 0 Å². The molecule has 0 radical (unpaired) electrons. The van der Waals surface area contributed by atoms with Crippen LogP contribution in [0.3, 0.4) is 0 Å². The molecule has 0 aliphatic heterocycles. The van der Waals surface area contributed by atoms with Crippen LogP contribution in [-0.4, -0.2) is 22.2 Å².